The van der Waals surface area contributed by atoms with Gasteiger partial charge in [-0.25, -0.2) is 17.5 Å². The molecule has 43 heavy (non-hydrogen) atoms. The Kier molecular flexibility index (Phi) is 10.8. The van der Waals surface area contributed by atoms with Crippen LogP contribution in [-0.2, 0) is 21.4 Å². The van der Waals surface area contributed by atoms with E-state index in [9.17, 15) is 13.2 Å². The van der Waals surface area contributed by atoms with E-state index in [1.165, 1.54) is 17.1 Å². The van der Waals surface area contributed by atoms with Gasteiger partial charge in [0, 0.05) is 44.3 Å². The largest absolute Gasteiger partial charge is 0.445 e. The van der Waals surface area contributed by atoms with Crippen LogP contribution in [0, 0.1) is 5.92 Å². The fraction of sp³-hybridized carbons (Fsp3) is 0.441. The molecule has 5 rings (SSSR count). The molecule has 1 aliphatic carbocycles. The van der Waals surface area contributed by atoms with E-state index in [4.69, 9.17) is 16.3 Å². The van der Waals surface area contributed by atoms with Crippen molar-refractivity contribution >= 4 is 27.7 Å². The third kappa shape index (κ3) is 8.82. The second-order valence-corrected chi connectivity index (χ2v) is 14.3. The van der Waals surface area contributed by atoms with Gasteiger partial charge in [0.25, 0.3) is 0 Å². The number of carbonyl (C=O) groups is 1. The Hall–Kier alpha value is -2.91. The number of benzene rings is 3. The SMILES string of the molecule is CN(CC(CCN1CCC(N(CC2CC2)C(=O)OCc2ccccc2)CC1)c1cccc(Cl)c1)S(=O)(=O)c1ccccc1. The number of piperidine rings is 1. The van der Waals surface area contributed by atoms with Gasteiger partial charge in [-0.05, 0) is 85.9 Å². The lowest BCUT2D eigenvalue weighted by molar-refractivity contribution is 0.0580. The van der Waals surface area contributed by atoms with E-state index < -0.39 is 10.0 Å². The van der Waals surface area contributed by atoms with Crippen molar-refractivity contribution in [2.75, 3.05) is 39.8 Å². The minimum absolute atomic E-state index is 0.0146. The summed E-state index contributed by atoms with van der Waals surface area (Å²) in [5, 5.41) is 0.645. The lowest BCUT2D eigenvalue weighted by atomic mass is 9.94. The summed E-state index contributed by atoms with van der Waals surface area (Å²) in [5.74, 6) is 0.573. The molecule has 7 nitrogen and oxygen atoms in total. The van der Waals surface area contributed by atoms with Crippen LogP contribution in [0.2, 0.25) is 5.02 Å². The molecule has 1 aliphatic heterocycles. The minimum atomic E-state index is -3.61. The molecule has 2 fully saturated rings. The van der Waals surface area contributed by atoms with E-state index in [0.29, 0.717) is 29.0 Å². The number of sulfonamides is 1. The van der Waals surface area contributed by atoms with Crippen LogP contribution in [0.3, 0.4) is 0 Å². The van der Waals surface area contributed by atoms with Crippen LogP contribution in [0.4, 0.5) is 4.79 Å². The molecular formula is C34H42ClN3O4S. The van der Waals surface area contributed by atoms with E-state index in [2.05, 4.69) is 4.90 Å². The fourth-order valence-electron chi connectivity index (χ4n) is 5.85. The lowest BCUT2D eigenvalue weighted by Gasteiger charge is -2.38. The highest BCUT2D eigenvalue weighted by molar-refractivity contribution is 7.89. The lowest BCUT2D eigenvalue weighted by Crippen LogP contribution is -2.48. The second-order valence-electron chi connectivity index (χ2n) is 11.8. The van der Waals surface area contributed by atoms with Gasteiger partial charge in [0.1, 0.15) is 6.61 Å². The van der Waals surface area contributed by atoms with Crippen molar-refractivity contribution in [3.05, 3.63) is 101 Å². The van der Waals surface area contributed by atoms with Crippen molar-refractivity contribution in [1.29, 1.82) is 0 Å². The number of likely N-dealkylation sites (tertiary alicyclic amines) is 1. The third-order valence-electron chi connectivity index (χ3n) is 8.63. The van der Waals surface area contributed by atoms with Gasteiger partial charge in [-0.1, -0.05) is 72.3 Å². The average Bonchev–Trinajstić information content (AvgIpc) is 3.86. The first kappa shape index (κ1) is 31.5. The number of rotatable bonds is 13. The molecule has 0 radical (unpaired) electrons. The average molecular weight is 624 g/mol. The molecule has 0 aromatic heterocycles. The van der Waals surface area contributed by atoms with Crippen molar-refractivity contribution < 1.29 is 17.9 Å². The Morgan fingerprint density at radius 1 is 0.953 bits per heavy atom. The summed E-state index contributed by atoms with van der Waals surface area (Å²) < 4.78 is 33.8. The fourth-order valence-corrected chi connectivity index (χ4v) is 7.29. The van der Waals surface area contributed by atoms with Gasteiger partial charge in [-0.3, -0.25) is 0 Å². The number of carbonyl (C=O) groups excluding carboxylic acids is 1. The number of hydrogen-bond donors (Lipinski definition) is 0. The van der Waals surface area contributed by atoms with Gasteiger partial charge in [0.2, 0.25) is 10.0 Å². The van der Waals surface area contributed by atoms with E-state index in [0.717, 1.165) is 56.6 Å². The van der Waals surface area contributed by atoms with Crippen molar-refractivity contribution in [2.24, 2.45) is 5.92 Å². The van der Waals surface area contributed by atoms with Crippen LogP contribution in [0.15, 0.2) is 89.8 Å². The first-order valence-corrected chi connectivity index (χ1v) is 17.1. The maximum absolute atomic E-state index is 13.3. The van der Waals surface area contributed by atoms with Crippen LogP contribution in [0.25, 0.3) is 0 Å². The molecule has 0 N–H and O–H groups in total. The Morgan fingerprint density at radius 3 is 2.28 bits per heavy atom. The summed E-state index contributed by atoms with van der Waals surface area (Å²) in [6.45, 7) is 4.04. The third-order valence-corrected chi connectivity index (χ3v) is 10.7. The zero-order valence-corrected chi connectivity index (χ0v) is 26.4. The highest BCUT2D eigenvalue weighted by Gasteiger charge is 2.34. The van der Waals surface area contributed by atoms with Crippen LogP contribution >= 0.6 is 11.6 Å². The number of ether oxygens (including phenoxy) is 1. The summed E-state index contributed by atoms with van der Waals surface area (Å²) in [5.41, 5.74) is 2.03. The summed E-state index contributed by atoms with van der Waals surface area (Å²) >= 11 is 6.34. The van der Waals surface area contributed by atoms with Crippen LogP contribution in [0.1, 0.15) is 49.1 Å². The standard InChI is InChI=1S/C34H42ClN3O4S/c1-36(43(40,41)33-13-6-3-7-14-33)25-30(29-11-8-12-31(35)23-29)17-20-37-21-18-32(19-22-37)38(24-27-15-16-27)34(39)42-26-28-9-4-2-5-10-28/h2-14,23,27,30,32H,15-22,24-26H2,1H3. The number of halogens is 1. The van der Waals surface area contributed by atoms with Crippen molar-refractivity contribution in [1.82, 2.24) is 14.1 Å². The molecule has 1 saturated carbocycles. The summed E-state index contributed by atoms with van der Waals surface area (Å²) in [7, 11) is -1.96. The van der Waals surface area contributed by atoms with Crippen molar-refractivity contribution in [3.8, 4) is 0 Å². The highest BCUT2D eigenvalue weighted by atomic mass is 35.5. The number of nitrogens with zero attached hydrogens (tertiary/aromatic N) is 3. The smallest absolute Gasteiger partial charge is 0.410 e. The van der Waals surface area contributed by atoms with Gasteiger partial charge >= 0.3 is 6.09 Å². The minimum Gasteiger partial charge on any atom is -0.445 e. The first-order valence-electron chi connectivity index (χ1n) is 15.3. The molecule has 9 heteroatoms. The van der Waals surface area contributed by atoms with Gasteiger partial charge in [-0.15, -0.1) is 0 Å². The van der Waals surface area contributed by atoms with E-state index in [1.54, 1.807) is 31.3 Å². The van der Waals surface area contributed by atoms with Crippen LogP contribution in [0.5, 0.6) is 0 Å². The zero-order valence-electron chi connectivity index (χ0n) is 24.9. The highest BCUT2D eigenvalue weighted by Crippen LogP contribution is 2.32. The van der Waals surface area contributed by atoms with E-state index >= 15 is 0 Å². The molecule has 3 aromatic rings. The second kappa shape index (κ2) is 14.7. The maximum Gasteiger partial charge on any atom is 0.410 e. The number of hydrogen-bond acceptors (Lipinski definition) is 5. The summed E-state index contributed by atoms with van der Waals surface area (Å²) in [6, 6.07) is 26.3. The van der Waals surface area contributed by atoms with Crippen LogP contribution < -0.4 is 0 Å². The first-order chi connectivity index (χ1) is 20.8. The maximum atomic E-state index is 13.3. The van der Waals surface area contributed by atoms with Crippen molar-refractivity contribution in [2.45, 2.75) is 55.6 Å². The normalized spacial score (nSPS) is 17.1. The Labute approximate surface area is 261 Å². The Balaban J connectivity index is 1.18. The molecule has 1 atom stereocenters. The molecule has 1 amide bonds. The van der Waals surface area contributed by atoms with Gasteiger partial charge in [0.05, 0.1) is 4.90 Å². The molecule has 230 valence electrons. The number of amides is 1. The Bertz CT molecular complexity index is 1430. The molecular weight excluding hydrogens is 582 g/mol. The summed E-state index contributed by atoms with van der Waals surface area (Å²) in [6.07, 6.45) is 4.75. The van der Waals surface area contributed by atoms with Gasteiger partial charge in [0.15, 0.2) is 0 Å². The molecule has 1 heterocycles. The van der Waals surface area contributed by atoms with Crippen molar-refractivity contribution in [3.63, 3.8) is 0 Å². The molecule has 0 spiro atoms. The van der Waals surface area contributed by atoms with Gasteiger partial charge in [-0.2, -0.15) is 0 Å². The monoisotopic (exact) mass is 623 g/mol. The molecule has 1 unspecified atom stereocenters. The predicted molar refractivity (Wildman–Crippen MR) is 171 cm³/mol. The van der Waals surface area contributed by atoms with E-state index in [-0.39, 0.29) is 18.1 Å². The zero-order chi connectivity index (χ0) is 30.2. The van der Waals surface area contributed by atoms with Gasteiger partial charge < -0.3 is 14.5 Å². The Morgan fingerprint density at radius 2 is 1.63 bits per heavy atom. The molecule has 3 aromatic carbocycles. The predicted octanol–water partition coefficient (Wildman–Crippen LogP) is 6.65. The molecule has 1 saturated heterocycles. The molecule has 2 aliphatic rings. The quantitative estimate of drug-likeness (QED) is 0.213. The summed E-state index contributed by atoms with van der Waals surface area (Å²) in [4.78, 5) is 17.9. The van der Waals surface area contributed by atoms with E-state index in [1.807, 2.05) is 65.6 Å². The van der Waals surface area contributed by atoms with Crippen LogP contribution in [-0.4, -0.2) is 74.4 Å². The topological polar surface area (TPSA) is 70.2 Å². The number of likely N-dealkylation sites (N-methyl/N-ethyl adjacent to an activating group) is 1. The molecule has 0 bridgehead atoms.